The number of aromatic nitrogens is 2. The molecule has 4 rings (SSSR count). The number of carboxylic acid groups (broad SMARTS) is 1. The molecule has 2 aromatic carbocycles. The van der Waals surface area contributed by atoms with E-state index in [9.17, 15) is 9.90 Å². The van der Waals surface area contributed by atoms with Gasteiger partial charge in [-0.25, -0.2) is 4.79 Å². The van der Waals surface area contributed by atoms with Crippen molar-refractivity contribution in [3.63, 3.8) is 0 Å². The van der Waals surface area contributed by atoms with Gasteiger partial charge in [0.05, 0.1) is 16.7 Å². The van der Waals surface area contributed by atoms with Gasteiger partial charge < -0.3 is 21.5 Å². The van der Waals surface area contributed by atoms with Crippen molar-refractivity contribution >= 4 is 68.3 Å². The number of guanidine groups is 1. The molecule has 5 N–H and O–H groups in total. The minimum absolute atomic E-state index is 0.235. The van der Waals surface area contributed by atoms with Crippen LogP contribution in [0.2, 0.25) is 10.0 Å². The number of carbonyl (C=O) groups is 1. The number of carboxylic acids is 1. The molecule has 0 aliphatic heterocycles. The van der Waals surface area contributed by atoms with Gasteiger partial charge in [0.2, 0.25) is 0 Å². The molecule has 2 heterocycles. The van der Waals surface area contributed by atoms with E-state index in [-0.39, 0.29) is 5.96 Å². The average molecular weight is 497 g/mol. The summed E-state index contributed by atoms with van der Waals surface area (Å²) in [4.78, 5) is 24.7. The van der Waals surface area contributed by atoms with E-state index < -0.39 is 12.0 Å². The Kier molecular flexibility index (Phi) is 7.30. The quantitative estimate of drug-likeness (QED) is 0.151. The Balaban J connectivity index is 1.37. The smallest absolute Gasteiger partial charge is 0.326 e. The van der Waals surface area contributed by atoms with Crippen molar-refractivity contribution in [3.05, 3.63) is 71.0 Å². The topological polar surface area (TPSA) is 126 Å². The van der Waals surface area contributed by atoms with Gasteiger partial charge in [0, 0.05) is 45.4 Å². The molecule has 10 heteroatoms. The maximum absolute atomic E-state index is 11.8. The van der Waals surface area contributed by atoms with Crippen molar-refractivity contribution in [3.8, 4) is 0 Å². The van der Waals surface area contributed by atoms with Crippen molar-refractivity contribution in [2.24, 2.45) is 10.7 Å². The highest BCUT2D eigenvalue weighted by atomic mass is 35.5. The molecule has 8 nitrogen and oxygen atoms in total. The van der Waals surface area contributed by atoms with Crippen LogP contribution in [0.4, 0.5) is 11.4 Å². The van der Waals surface area contributed by atoms with Crippen LogP contribution in [0.1, 0.15) is 12.8 Å². The number of nitrogens with two attached hydrogens (primary N) is 1. The molecule has 0 saturated carbocycles. The number of benzene rings is 2. The van der Waals surface area contributed by atoms with Crippen LogP contribution < -0.4 is 16.4 Å². The zero-order valence-corrected chi connectivity index (χ0v) is 19.5. The fourth-order valence-corrected chi connectivity index (χ4v) is 3.93. The Morgan fingerprint density at radius 2 is 1.56 bits per heavy atom. The summed E-state index contributed by atoms with van der Waals surface area (Å²) in [7, 11) is 0. The van der Waals surface area contributed by atoms with Gasteiger partial charge in [0.25, 0.3) is 0 Å². The molecule has 0 amide bonds. The average Bonchev–Trinajstić information content (AvgIpc) is 2.80. The van der Waals surface area contributed by atoms with Crippen LogP contribution in [0.15, 0.2) is 65.9 Å². The number of anilines is 2. The highest BCUT2D eigenvalue weighted by Gasteiger charge is 2.18. The molecule has 0 aliphatic rings. The van der Waals surface area contributed by atoms with E-state index in [1.54, 1.807) is 48.8 Å². The second kappa shape index (κ2) is 10.5. The van der Waals surface area contributed by atoms with Gasteiger partial charge in [-0.1, -0.05) is 23.2 Å². The molecule has 0 radical (unpaired) electrons. The van der Waals surface area contributed by atoms with E-state index in [0.717, 1.165) is 22.0 Å². The standard InChI is InChI=1S/C24H22Cl2N6O2/c25-14-3-5-16-18(7-10-28-21(16)12-14)31-20(23(33)34)2-1-9-30-24(27)32-19-8-11-29-22-13-15(26)4-6-17(19)22/h3-8,10-13,20H,1-2,9H2,(H,28,31)(H,33,34)(H3,27,29,30,32)/t20-/m0/s1. The van der Waals surface area contributed by atoms with E-state index in [0.29, 0.717) is 40.6 Å². The van der Waals surface area contributed by atoms with Crippen molar-refractivity contribution in [1.29, 1.82) is 0 Å². The lowest BCUT2D eigenvalue weighted by Crippen LogP contribution is -2.29. The fourth-order valence-electron chi connectivity index (χ4n) is 3.59. The van der Waals surface area contributed by atoms with E-state index in [1.165, 1.54) is 0 Å². The summed E-state index contributed by atoms with van der Waals surface area (Å²) in [5, 5.41) is 18.7. The van der Waals surface area contributed by atoms with Gasteiger partial charge in [-0.05, 0) is 61.4 Å². The van der Waals surface area contributed by atoms with E-state index in [2.05, 4.69) is 25.6 Å². The third-order valence-electron chi connectivity index (χ3n) is 5.23. The van der Waals surface area contributed by atoms with Crippen LogP contribution in [-0.4, -0.2) is 39.6 Å². The summed E-state index contributed by atoms with van der Waals surface area (Å²) in [6, 6.07) is 13.5. The maximum atomic E-state index is 11.8. The molecule has 0 bridgehead atoms. The lowest BCUT2D eigenvalue weighted by atomic mass is 10.1. The minimum Gasteiger partial charge on any atom is -0.480 e. The summed E-state index contributed by atoms with van der Waals surface area (Å²) < 4.78 is 0. The summed E-state index contributed by atoms with van der Waals surface area (Å²) >= 11 is 12.1. The molecule has 4 aromatic rings. The Morgan fingerprint density at radius 3 is 2.18 bits per heavy atom. The normalized spacial score (nSPS) is 12.6. The molecule has 174 valence electrons. The largest absolute Gasteiger partial charge is 0.480 e. The van der Waals surface area contributed by atoms with Crippen LogP contribution in [0.25, 0.3) is 21.8 Å². The first kappa shape index (κ1) is 23.5. The van der Waals surface area contributed by atoms with Gasteiger partial charge in [0.15, 0.2) is 5.96 Å². The van der Waals surface area contributed by atoms with E-state index in [4.69, 9.17) is 28.9 Å². The zero-order chi connectivity index (χ0) is 24.1. The Bertz CT molecular complexity index is 1380. The summed E-state index contributed by atoms with van der Waals surface area (Å²) in [5.41, 5.74) is 8.92. The lowest BCUT2D eigenvalue weighted by Gasteiger charge is -2.17. The van der Waals surface area contributed by atoms with Crippen molar-refractivity contribution in [2.45, 2.75) is 18.9 Å². The molecule has 0 fully saturated rings. The van der Waals surface area contributed by atoms with Crippen molar-refractivity contribution in [1.82, 2.24) is 9.97 Å². The van der Waals surface area contributed by atoms with Gasteiger partial charge in [-0.3, -0.25) is 15.0 Å². The van der Waals surface area contributed by atoms with Crippen LogP contribution in [0.5, 0.6) is 0 Å². The Morgan fingerprint density at radius 1 is 0.971 bits per heavy atom. The summed E-state index contributed by atoms with van der Waals surface area (Å²) in [5.74, 6) is -0.713. The van der Waals surface area contributed by atoms with Crippen LogP contribution in [0.3, 0.4) is 0 Å². The number of pyridine rings is 2. The van der Waals surface area contributed by atoms with Gasteiger partial charge in [-0.15, -0.1) is 0 Å². The molecule has 2 aromatic heterocycles. The maximum Gasteiger partial charge on any atom is 0.326 e. The number of rotatable bonds is 8. The first-order valence-electron chi connectivity index (χ1n) is 10.6. The summed E-state index contributed by atoms with van der Waals surface area (Å²) in [6.45, 7) is 0.367. The number of aliphatic carboxylic acids is 1. The number of fused-ring (bicyclic) bond motifs is 2. The monoisotopic (exact) mass is 496 g/mol. The SMILES string of the molecule is NC(=NCCC[C@H](Nc1ccnc2cc(Cl)ccc12)C(=O)O)Nc1ccnc2cc(Cl)ccc12. The molecular weight excluding hydrogens is 475 g/mol. The van der Waals surface area contributed by atoms with Gasteiger partial charge in [-0.2, -0.15) is 0 Å². The fraction of sp³-hybridized carbons (Fsp3) is 0.167. The first-order valence-corrected chi connectivity index (χ1v) is 11.3. The van der Waals surface area contributed by atoms with Crippen LogP contribution in [-0.2, 0) is 4.79 Å². The number of nitrogens with zero attached hydrogens (tertiary/aromatic N) is 3. The highest BCUT2D eigenvalue weighted by Crippen LogP contribution is 2.26. The number of aliphatic imine (C=N–C) groups is 1. The second-order valence-corrected chi connectivity index (χ2v) is 8.48. The first-order chi connectivity index (χ1) is 16.4. The van der Waals surface area contributed by atoms with Gasteiger partial charge >= 0.3 is 5.97 Å². The highest BCUT2D eigenvalue weighted by molar-refractivity contribution is 6.31. The van der Waals surface area contributed by atoms with Crippen LogP contribution in [0, 0.1) is 0 Å². The minimum atomic E-state index is -0.948. The number of nitrogens with one attached hydrogen (secondary N) is 2. The third-order valence-corrected chi connectivity index (χ3v) is 5.70. The van der Waals surface area contributed by atoms with Crippen LogP contribution >= 0.6 is 23.2 Å². The number of hydrogen-bond donors (Lipinski definition) is 4. The number of hydrogen-bond acceptors (Lipinski definition) is 5. The van der Waals surface area contributed by atoms with Crippen molar-refractivity contribution < 1.29 is 9.90 Å². The lowest BCUT2D eigenvalue weighted by molar-refractivity contribution is -0.138. The summed E-state index contributed by atoms with van der Waals surface area (Å²) in [6.07, 6.45) is 4.16. The Hall–Kier alpha value is -3.62. The Labute approximate surface area is 205 Å². The molecule has 0 unspecified atom stereocenters. The zero-order valence-electron chi connectivity index (χ0n) is 18.0. The third kappa shape index (κ3) is 5.65. The molecular formula is C24H22Cl2N6O2. The van der Waals surface area contributed by atoms with E-state index in [1.807, 2.05) is 12.1 Å². The second-order valence-electron chi connectivity index (χ2n) is 7.61. The number of halogens is 2. The predicted octanol–water partition coefficient (Wildman–Crippen LogP) is 5.16. The molecule has 0 spiro atoms. The van der Waals surface area contributed by atoms with E-state index >= 15 is 0 Å². The molecule has 1 atom stereocenters. The van der Waals surface area contributed by atoms with Gasteiger partial charge in [0.1, 0.15) is 6.04 Å². The molecule has 34 heavy (non-hydrogen) atoms. The predicted molar refractivity (Wildman–Crippen MR) is 138 cm³/mol. The molecule has 0 aliphatic carbocycles. The molecule has 0 saturated heterocycles. The van der Waals surface area contributed by atoms with Crippen molar-refractivity contribution in [2.75, 3.05) is 17.2 Å².